The Hall–Kier alpha value is -4.42. The highest BCUT2D eigenvalue weighted by molar-refractivity contribution is 5.83. The summed E-state index contributed by atoms with van der Waals surface area (Å²) in [6.07, 6.45) is 17.3. The molecule has 182 valence electrons. The Morgan fingerprint density at radius 2 is 1.11 bits per heavy atom. The molecule has 0 saturated carbocycles. The summed E-state index contributed by atoms with van der Waals surface area (Å²) in [6.45, 7) is 0. The van der Waals surface area contributed by atoms with Gasteiger partial charge in [-0.25, -0.2) is 0 Å². The van der Waals surface area contributed by atoms with Crippen LogP contribution >= 0.6 is 0 Å². The van der Waals surface area contributed by atoms with Gasteiger partial charge in [0.25, 0.3) is 0 Å². The van der Waals surface area contributed by atoms with Crippen LogP contribution in [0, 0.1) is 11.8 Å². The molecule has 0 aromatic heterocycles. The third-order valence-corrected chi connectivity index (χ3v) is 8.26. The molecule has 0 heteroatoms. The van der Waals surface area contributed by atoms with Crippen molar-refractivity contribution in [3.63, 3.8) is 0 Å². The normalized spacial score (nSPS) is 21.6. The van der Waals surface area contributed by atoms with Gasteiger partial charge >= 0.3 is 0 Å². The first-order valence-electron chi connectivity index (χ1n) is 13.6. The maximum absolute atomic E-state index is 2.43. The van der Waals surface area contributed by atoms with Gasteiger partial charge < -0.3 is 0 Å². The first-order valence-corrected chi connectivity index (χ1v) is 13.6. The molecule has 38 heavy (non-hydrogen) atoms. The average molecular weight is 487 g/mol. The molecule has 3 aliphatic carbocycles. The van der Waals surface area contributed by atoms with Gasteiger partial charge in [0.05, 0.1) is 0 Å². The number of benzene rings is 4. The van der Waals surface area contributed by atoms with Crippen molar-refractivity contribution in [1.29, 1.82) is 0 Å². The summed E-state index contributed by atoms with van der Waals surface area (Å²) < 4.78 is 0. The highest BCUT2D eigenvalue weighted by Crippen LogP contribution is 2.45. The lowest BCUT2D eigenvalue weighted by atomic mass is 9.67. The summed E-state index contributed by atoms with van der Waals surface area (Å²) >= 11 is 0. The van der Waals surface area contributed by atoms with E-state index >= 15 is 0 Å². The van der Waals surface area contributed by atoms with E-state index in [2.05, 4.69) is 152 Å². The van der Waals surface area contributed by atoms with Crippen LogP contribution in [0.4, 0.5) is 0 Å². The van der Waals surface area contributed by atoms with Gasteiger partial charge in [0.15, 0.2) is 0 Å². The maximum Gasteiger partial charge on any atom is 0.0137 e. The monoisotopic (exact) mass is 486 g/mol. The van der Waals surface area contributed by atoms with Crippen molar-refractivity contribution in [2.75, 3.05) is 0 Å². The minimum atomic E-state index is 0.291. The topological polar surface area (TPSA) is 0 Å². The van der Waals surface area contributed by atoms with Gasteiger partial charge in [-0.05, 0) is 61.9 Å². The largest absolute Gasteiger partial charge is 0.0836 e. The van der Waals surface area contributed by atoms with Gasteiger partial charge in [0, 0.05) is 17.8 Å². The molecular formula is C38H30. The van der Waals surface area contributed by atoms with Gasteiger partial charge in [-0.2, -0.15) is 0 Å². The number of hydrogen-bond donors (Lipinski definition) is 0. The number of hydrogen-bond acceptors (Lipinski definition) is 0. The van der Waals surface area contributed by atoms with Crippen LogP contribution in [-0.2, 0) is 0 Å². The lowest BCUT2D eigenvalue weighted by molar-refractivity contribution is 0.670. The Morgan fingerprint density at radius 3 is 1.87 bits per heavy atom. The predicted octanol–water partition coefficient (Wildman–Crippen LogP) is 7.75. The smallest absolute Gasteiger partial charge is 0.0137 e. The Balaban J connectivity index is 1.50. The second-order valence-corrected chi connectivity index (χ2v) is 10.4. The summed E-state index contributed by atoms with van der Waals surface area (Å²) in [7, 11) is 0. The quantitative estimate of drug-likeness (QED) is 0.277. The molecule has 4 aromatic rings. The van der Waals surface area contributed by atoms with Crippen LogP contribution < -0.4 is 10.4 Å². The number of rotatable bonds is 4. The number of fused-ring (bicyclic) bond motifs is 2. The molecule has 7 rings (SSSR count). The van der Waals surface area contributed by atoms with Crippen LogP contribution in [0.5, 0.6) is 0 Å². The van der Waals surface area contributed by atoms with E-state index in [0.717, 1.165) is 6.42 Å². The van der Waals surface area contributed by atoms with Crippen molar-refractivity contribution >= 4 is 11.1 Å². The summed E-state index contributed by atoms with van der Waals surface area (Å²) in [5.41, 5.74) is 9.59. The molecule has 0 heterocycles. The molecule has 0 spiro atoms. The Bertz CT molecular complexity index is 1730. The van der Waals surface area contributed by atoms with Crippen molar-refractivity contribution in [2.45, 2.75) is 12.3 Å². The standard InChI is InChI=1S/C38H30/c1-3-14-27(15-4-1)29-18-13-19-30(26-29)37-33-22-9-11-24-35(33)38(36-25-12-10-23-34(36)37)32-21-8-7-20-31(32)28-16-5-2-6-17-28/h1-19,21-26,31,33,35H,20H2. The number of allylic oxidation sites excluding steroid dienone is 8. The molecule has 3 aliphatic rings. The molecule has 0 bridgehead atoms. The molecular weight excluding hydrogens is 456 g/mol. The molecule has 0 aliphatic heterocycles. The van der Waals surface area contributed by atoms with Crippen molar-refractivity contribution < 1.29 is 0 Å². The van der Waals surface area contributed by atoms with E-state index in [9.17, 15) is 0 Å². The van der Waals surface area contributed by atoms with Crippen molar-refractivity contribution in [3.8, 4) is 11.1 Å². The highest BCUT2D eigenvalue weighted by atomic mass is 14.4. The molecule has 0 saturated heterocycles. The fourth-order valence-electron chi connectivity index (χ4n) is 6.57. The first-order chi connectivity index (χ1) is 18.9. The van der Waals surface area contributed by atoms with Gasteiger partial charge in [-0.3, -0.25) is 0 Å². The van der Waals surface area contributed by atoms with E-state index < -0.39 is 0 Å². The second kappa shape index (κ2) is 9.80. The van der Waals surface area contributed by atoms with E-state index in [1.165, 1.54) is 49.4 Å². The molecule has 0 amide bonds. The predicted molar refractivity (Wildman–Crippen MR) is 160 cm³/mol. The van der Waals surface area contributed by atoms with Gasteiger partial charge in [0.2, 0.25) is 0 Å². The molecule has 0 N–H and O–H groups in total. The molecule has 3 unspecified atom stereocenters. The van der Waals surface area contributed by atoms with Crippen molar-refractivity contribution in [1.82, 2.24) is 0 Å². The average Bonchev–Trinajstić information content (AvgIpc) is 3.01. The van der Waals surface area contributed by atoms with E-state index in [1.807, 2.05) is 0 Å². The molecule has 0 radical (unpaired) electrons. The Labute approximate surface area is 225 Å². The lowest BCUT2D eigenvalue weighted by Crippen LogP contribution is -2.41. The van der Waals surface area contributed by atoms with E-state index in [0.29, 0.717) is 17.8 Å². The summed E-state index contributed by atoms with van der Waals surface area (Å²) in [4.78, 5) is 0. The SMILES string of the molecule is C1=CCC(c2ccccc2)C(C2=c3ccccc3=C(c3cccc(-c4ccccc4)c3)C3C=CC=CC23)=C1. The summed E-state index contributed by atoms with van der Waals surface area (Å²) in [5, 5.41) is 2.73. The van der Waals surface area contributed by atoms with Crippen LogP contribution in [0.2, 0.25) is 0 Å². The van der Waals surface area contributed by atoms with Crippen LogP contribution in [-0.4, -0.2) is 0 Å². The first kappa shape index (κ1) is 22.8. The molecule has 0 nitrogen and oxygen atoms in total. The Kier molecular flexibility index (Phi) is 5.87. The minimum absolute atomic E-state index is 0.291. The van der Waals surface area contributed by atoms with Crippen LogP contribution in [0.3, 0.4) is 0 Å². The van der Waals surface area contributed by atoms with Crippen molar-refractivity contribution in [3.05, 3.63) is 179 Å². The fraction of sp³-hybridized carbons (Fsp3) is 0.105. The van der Waals surface area contributed by atoms with Gasteiger partial charge in [-0.1, -0.05) is 146 Å². The van der Waals surface area contributed by atoms with E-state index in [1.54, 1.807) is 0 Å². The summed E-state index contributed by atoms with van der Waals surface area (Å²) in [6, 6.07) is 39.9. The zero-order chi connectivity index (χ0) is 25.3. The lowest BCUT2D eigenvalue weighted by Gasteiger charge is -2.36. The maximum atomic E-state index is 2.43. The summed E-state index contributed by atoms with van der Waals surface area (Å²) in [5.74, 6) is 0.959. The van der Waals surface area contributed by atoms with Crippen LogP contribution in [0.15, 0.2) is 157 Å². The third kappa shape index (κ3) is 3.94. The molecule has 4 aromatic carbocycles. The second-order valence-electron chi connectivity index (χ2n) is 10.4. The highest BCUT2D eigenvalue weighted by Gasteiger charge is 2.34. The molecule has 0 fully saturated rings. The van der Waals surface area contributed by atoms with E-state index in [-0.39, 0.29) is 0 Å². The fourth-order valence-corrected chi connectivity index (χ4v) is 6.57. The Morgan fingerprint density at radius 1 is 0.500 bits per heavy atom. The zero-order valence-electron chi connectivity index (χ0n) is 21.4. The van der Waals surface area contributed by atoms with Crippen LogP contribution in [0.1, 0.15) is 23.5 Å². The van der Waals surface area contributed by atoms with Crippen molar-refractivity contribution in [2.24, 2.45) is 11.8 Å². The van der Waals surface area contributed by atoms with E-state index in [4.69, 9.17) is 0 Å². The van der Waals surface area contributed by atoms with Gasteiger partial charge in [-0.15, -0.1) is 0 Å². The van der Waals surface area contributed by atoms with Gasteiger partial charge in [0.1, 0.15) is 0 Å². The minimum Gasteiger partial charge on any atom is -0.0836 e. The molecule has 3 atom stereocenters. The van der Waals surface area contributed by atoms with Crippen LogP contribution in [0.25, 0.3) is 22.3 Å². The zero-order valence-corrected chi connectivity index (χ0v) is 21.4. The third-order valence-electron chi connectivity index (χ3n) is 8.26.